The van der Waals surface area contributed by atoms with Gasteiger partial charge in [0, 0.05) is 17.3 Å². The number of benzene rings is 3. The molecule has 11 heteroatoms. The van der Waals surface area contributed by atoms with Crippen LogP contribution in [0.3, 0.4) is 0 Å². The molecule has 1 amide bonds. The van der Waals surface area contributed by atoms with Crippen LogP contribution < -0.4 is 18.9 Å². The number of hydrogen-bond acceptors (Lipinski definition) is 7. The van der Waals surface area contributed by atoms with E-state index >= 15 is 0 Å². The van der Waals surface area contributed by atoms with Crippen LogP contribution in [0.5, 0.6) is 11.5 Å². The second-order valence-corrected chi connectivity index (χ2v) is 9.81. The van der Waals surface area contributed by atoms with Gasteiger partial charge in [-0.15, -0.1) is 0 Å². The van der Waals surface area contributed by atoms with Crippen molar-refractivity contribution in [3.63, 3.8) is 0 Å². The molecule has 2 N–H and O–H groups in total. The molecule has 32 heavy (non-hydrogen) atoms. The number of nitrogens with one attached hydrogen (secondary N) is 2. The Balaban J connectivity index is 1.77. The SMILES string of the molecule is COc1ccc(S(=O)(=O)Nc2ccc(S(=O)(=O)NC(=O)c3ccccc3)cc2)cc1OC. The first-order valence-corrected chi connectivity index (χ1v) is 12.1. The first kappa shape index (κ1) is 23.1. The topological polar surface area (TPSA) is 128 Å². The smallest absolute Gasteiger partial charge is 0.264 e. The van der Waals surface area contributed by atoms with Gasteiger partial charge in [0.05, 0.1) is 24.0 Å². The maximum Gasteiger partial charge on any atom is 0.264 e. The number of rotatable bonds is 8. The summed E-state index contributed by atoms with van der Waals surface area (Å²) in [5.74, 6) is -0.159. The lowest BCUT2D eigenvalue weighted by molar-refractivity contribution is 0.0981. The standard InChI is InChI=1S/C21H20N2O7S2/c1-29-19-13-12-18(14-20(19)30-2)32(27,28)22-16-8-10-17(11-9-16)31(25,26)23-21(24)15-6-4-3-5-7-15/h3-14,22H,1-2H3,(H,23,24). The van der Waals surface area contributed by atoms with E-state index in [0.29, 0.717) is 5.75 Å². The third-order valence-corrected chi connectivity index (χ3v) is 7.07. The summed E-state index contributed by atoms with van der Waals surface area (Å²) in [4.78, 5) is 11.9. The number of carbonyl (C=O) groups excluding carboxylic acids is 1. The van der Waals surface area contributed by atoms with E-state index in [2.05, 4.69) is 4.72 Å². The Kier molecular flexibility index (Phi) is 6.70. The van der Waals surface area contributed by atoms with Crippen LogP contribution in [-0.4, -0.2) is 37.0 Å². The van der Waals surface area contributed by atoms with Crippen LogP contribution in [0.4, 0.5) is 5.69 Å². The number of carbonyl (C=O) groups is 1. The van der Waals surface area contributed by atoms with Crippen molar-refractivity contribution in [2.75, 3.05) is 18.9 Å². The van der Waals surface area contributed by atoms with E-state index in [1.807, 2.05) is 4.72 Å². The molecule has 0 radical (unpaired) electrons. The van der Waals surface area contributed by atoms with Gasteiger partial charge in [-0.3, -0.25) is 9.52 Å². The molecule has 0 aliphatic carbocycles. The Labute approximate surface area is 186 Å². The van der Waals surface area contributed by atoms with Crippen molar-refractivity contribution >= 4 is 31.6 Å². The molecule has 0 heterocycles. The molecule has 0 saturated carbocycles. The summed E-state index contributed by atoms with van der Waals surface area (Å²) in [6, 6.07) is 16.9. The van der Waals surface area contributed by atoms with Gasteiger partial charge in [-0.1, -0.05) is 18.2 Å². The highest BCUT2D eigenvalue weighted by atomic mass is 32.2. The highest BCUT2D eigenvalue weighted by Gasteiger charge is 2.20. The number of methoxy groups -OCH3 is 2. The number of hydrogen-bond donors (Lipinski definition) is 2. The molecule has 0 unspecified atom stereocenters. The summed E-state index contributed by atoms with van der Waals surface area (Å²) in [7, 11) is -5.30. The quantitative estimate of drug-likeness (QED) is 0.511. The molecule has 3 aromatic carbocycles. The molecule has 9 nitrogen and oxygen atoms in total. The Bertz CT molecular complexity index is 1320. The number of sulfonamides is 2. The summed E-state index contributed by atoms with van der Waals surface area (Å²) >= 11 is 0. The van der Waals surface area contributed by atoms with Gasteiger partial charge >= 0.3 is 0 Å². The van der Waals surface area contributed by atoms with Gasteiger partial charge < -0.3 is 9.47 Å². The first-order chi connectivity index (χ1) is 15.2. The van der Waals surface area contributed by atoms with E-state index in [-0.39, 0.29) is 26.8 Å². The summed E-state index contributed by atoms with van der Waals surface area (Å²) in [6.45, 7) is 0. The molecule has 168 valence electrons. The second kappa shape index (κ2) is 9.28. The van der Waals surface area contributed by atoms with Crippen LogP contribution in [0, 0.1) is 0 Å². The van der Waals surface area contributed by atoms with Crippen LogP contribution in [0.2, 0.25) is 0 Å². The maximum atomic E-state index is 12.7. The Morgan fingerprint density at radius 1 is 0.719 bits per heavy atom. The molecule has 3 rings (SSSR count). The average molecular weight is 477 g/mol. The van der Waals surface area contributed by atoms with Gasteiger partial charge in [0.1, 0.15) is 0 Å². The number of amides is 1. The van der Waals surface area contributed by atoms with Gasteiger partial charge in [-0.05, 0) is 48.5 Å². The van der Waals surface area contributed by atoms with E-state index in [1.54, 1.807) is 18.2 Å². The molecular formula is C21H20N2O7S2. The molecular weight excluding hydrogens is 456 g/mol. The molecule has 0 aliphatic rings. The fourth-order valence-corrected chi connectivity index (χ4v) is 4.78. The Morgan fingerprint density at radius 2 is 1.31 bits per heavy atom. The van der Waals surface area contributed by atoms with Gasteiger partial charge in [0.15, 0.2) is 11.5 Å². The molecule has 0 aliphatic heterocycles. The van der Waals surface area contributed by atoms with Gasteiger partial charge in [-0.2, -0.15) is 0 Å². The highest BCUT2D eigenvalue weighted by Crippen LogP contribution is 2.30. The van der Waals surface area contributed by atoms with Crippen LogP contribution in [0.15, 0.2) is 82.6 Å². The average Bonchev–Trinajstić information content (AvgIpc) is 2.79. The fourth-order valence-electron chi connectivity index (χ4n) is 2.73. The van der Waals surface area contributed by atoms with E-state index in [0.717, 1.165) is 0 Å². The molecule has 0 saturated heterocycles. The first-order valence-electron chi connectivity index (χ1n) is 9.13. The number of ether oxygens (including phenoxy) is 2. The molecule has 0 spiro atoms. The zero-order valence-electron chi connectivity index (χ0n) is 17.1. The van der Waals surface area contributed by atoms with Crippen molar-refractivity contribution in [3.05, 3.63) is 78.4 Å². The van der Waals surface area contributed by atoms with Crippen LogP contribution >= 0.6 is 0 Å². The Hall–Kier alpha value is -3.57. The third-order valence-electron chi connectivity index (χ3n) is 4.35. The van der Waals surface area contributed by atoms with Gasteiger partial charge in [-0.25, -0.2) is 21.6 Å². The molecule has 0 atom stereocenters. The van der Waals surface area contributed by atoms with Crippen molar-refractivity contribution in [1.29, 1.82) is 0 Å². The largest absolute Gasteiger partial charge is 0.493 e. The second-order valence-electron chi connectivity index (χ2n) is 6.45. The Morgan fingerprint density at radius 3 is 1.91 bits per heavy atom. The van der Waals surface area contributed by atoms with E-state index in [1.165, 1.54) is 68.8 Å². The lowest BCUT2D eigenvalue weighted by Gasteiger charge is -2.12. The van der Waals surface area contributed by atoms with Crippen LogP contribution in [0.25, 0.3) is 0 Å². The lowest BCUT2D eigenvalue weighted by Crippen LogP contribution is -2.30. The normalized spacial score (nSPS) is 11.4. The van der Waals surface area contributed by atoms with Crippen molar-refractivity contribution in [2.45, 2.75) is 9.79 Å². The monoisotopic (exact) mass is 476 g/mol. The van der Waals surface area contributed by atoms with Crippen molar-refractivity contribution in [1.82, 2.24) is 4.72 Å². The van der Waals surface area contributed by atoms with Crippen molar-refractivity contribution in [3.8, 4) is 11.5 Å². The molecule has 0 aromatic heterocycles. The fraction of sp³-hybridized carbons (Fsp3) is 0.0952. The molecule has 0 fully saturated rings. The minimum absolute atomic E-state index is 0.0676. The summed E-state index contributed by atoms with van der Waals surface area (Å²) in [5, 5.41) is 0. The highest BCUT2D eigenvalue weighted by molar-refractivity contribution is 7.92. The van der Waals surface area contributed by atoms with E-state index in [4.69, 9.17) is 9.47 Å². The zero-order chi connectivity index (χ0) is 23.4. The zero-order valence-corrected chi connectivity index (χ0v) is 18.7. The third kappa shape index (κ3) is 5.18. The lowest BCUT2D eigenvalue weighted by atomic mass is 10.2. The predicted octanol–water partition coefficient (Wildman–Crippen LogP) is 2.62. The van der Waals surface area contributed by atoms with Gasteiger partial charge in [0.25, 0.3) is 26.0 Å². The van der Waals surface area contributed by atoms with E-state index < -0.39 is 26.0 Å². The van der Waals surface area contributed by atoms with Crippen LogP contribution in [0.1, 0.15) is 10.4 Å². The summed E-state index contributed by atoms with van der Waals surface area (Å²) < 4.78 is 64.8. The molecule has 0 bridgehead atoms. The van der Waals surface area contributed by atoms with E-state index in [9.17, 15) is 21.6 Å². The maximum absolute atomic E-state index is 12.7. The predicted molar refractivity (Wildman–Crippen MR) is 118 cm³/mol. The van der Waals surface area contributed by atoms with Crippen molar-refractivity contribution < 1.29 is 31.1 Å². The summed E-state index contributed by atoms with van der Waals surface area (Å²) in [6.07, 6.45) is 0. The molecule has 3 aromatic rings. The summed E-state index contributed by atoms with van der Waals surface area (Å²) in [5.41, 5.74) is 0.323. The minimum Gasteiger partial charge on any atom is -0.493 e. The number of anilines is 1. The van der Waals surface area contributed by atoms with Gasteiger partial charge in [0.2, 0.25) is 0 Å². The van der Waals surface area contributed by atoms with Crippen LogP contribution in [-0.2, 0) is 20.0 Å². The minimum atomic E-state index is -4.14. The van der Waals surface area contributed by atoms with Crippen molar-refractivity contribution in [2.24, 2.45) is 0 Å².